The molecule has 2 aromatic heterocycles. The highest BCUT2D eigenvalue weighted by Gasteiger charge is 2.01. The van der Waals surface area contributed by atoms with Crippen LogP contribution in [0.1, 0.15) is 5.76 Å². The molecule has 0 radical (unpaired) electrons. The first-order valence-corrected chi connectivity index (χ1v) is 4.76. The van der Waals surface area contributed by atoms with E-state index in [0.29, 0.717) is 0 Å². The fourth-order valence-corrected chi connectivity index (χ4v) is 1.27. The molecule has 0 unspecified atom stereocenters. The molecule has 0 aliphatic heterocycles. The summed E-state index contributed by atoms with van der Waals surface area (Å²) in [5, 5.41) is 11.8. The zero-order valence-corrected chi connectivity index (χ0v) is 8.36. The van der Waals surface area contributed by atoms with Crippen LogP contribution < -0.4 is 0 Å². The topological polar surface area (TPSA) is 56.3 Å². The van der Waals surface area contributed by atoms with Gasteiger partial charge in [0.1, 0.15) is 5.76 Å². The van der Waals surface area contributed by atoms with Crippen LogP contribution in [0.5, 0.6) is 0 Å². The molecule has 0 aliphatic carbocycles. The van der Waals surface area contributed by atoms with Crippen LogP contribution >= 0.6 is 11.3 Å². The minimum atomic E-state index is -0.398. The first kappa shape index (κ1) is 10.5. The van der Waals surface area contributed by atoms with Gasteiger partial charge in [-0.25, -0.2) is 0 Å². The molecule has 0 saturated heterocycles. The second-order valence-electron chi connectivity index (χ2n) is 2.43. The summed E-state index contributed by atoms with van der Waals surface area (Å²) >= 11 is 1.13. The molecule has 2 heterocycles. The van der Waals surface area contributed by atoms with Crippen molar-refractivity contribution in [2.24, 2.45) is 0 Å². The van der Waals surface area contributed by atoms with Crippen molar-refractivity contribution in [2.75, 3.05) is 0 Å². The lowest BCUT2D eigenvalue weighted by molar-refractivity contribution is -0.380. The minimum Gasteiger partial charge on any atom is -0.470 e. The Hall–Kier alpha value is -1.62. The summed E-state index contributed by atoms with van der Waals surface area (Å²) < 4.78 is 4.83. The second-order valence-corrected chi connectivity index (χ2v) is 3.36. The van der Waals surface area contributed by atoms with Gasteiger partial charge in [-0.3, -0.25) is 10.1 Å². The third-order valence-corrected chi connectivity index (χ3v) is 2.17. The maximum Gasteiger partial charge on any atom is 0.324 e. The quantitative estimate of drug-likeness (QED) is 0.537. The van der Waals surface area contributed by atoms with Crippen LogP contribution in [0.3, 0.4) is 0 Å². The van der Waals surface area contributed by atoms with Crippen LogP contribution in [-0.4, -0.2) is 4.92 Å². The first-order valence-electron chi connectivity index (χ1n) is 3.88. The molecule has 0 amide bonds. The summed E-state index contributed by atoms with van der Waals surface area (Å²) in [5.74, 6) is 0.968. The van der Waals surface area contributed by atoms with E-state index >= 15 is 0 Å². The van der Waals surface area contributed by atoms with Gasteiger partial charge in [-0.2, -0.15) is 0 Å². The number of furan rings is 1. The molecule has 2 aromatic rings. The molecule has 4 nitrogen and oxygen atoms in total. The van der Waals surface area contributed by atoms with Crippen LogP contribution in [0.15, 0.2) is 40.3 Å². The van der Waals surface area contributed by atoms with Crippen molar-refractivity contribution < 1.29 is 9.34 Å². The number of nitro groups is 1. The van der Waals surface area contributed by atoms with Gasteiger partial charge in [-0.05, 0) is 30.5 Å². The van der Waals surface area contributed by atoms with Crippen LogP contribution in [0.2, 0.25) is 0 Å². The Bertz CT molecular complexity index is 367. The van der Waals surface area contributed by atoms with Gasteiger partial charge in [0, 0.05) is 6.07 Å². The van der Waals surface area contributed by atoms with Crippen molar-refractivity contribution in [1.82, 2.24) is 0 Å². The molecule has 0 aromatic carbocycles. The second kappa shape index (κ2) is 5.18. The molecule has 0 spiro atoms. The van der Waals surface area contributed by atoms with E-state index in [2.05, 4.69) is 0 Å². The summed E-state index contributed by atoms with van der Waals surface area (Å²) in [6, 6.07) is 6.92. The summed E-state index contributed by atoms with van der Waals surface area (Å²) in [5.41, 5.74) is 0. The van der Waals surface area contributed by atoms with Gasteiger partial charge in [0.25, 0.3) is 0 Å². The maximum absolute atomic E-state index is 9.88. The fraction of sp³-hybridized carbons (Fsp3) is 0.111. The molecular weight excluding hydrogens is 202 g/mol. The highest BCUT2D eigenvalue weighted by Crippen LogP contribution is 2.16. The Kier molecular flexibility index (Phi) is 3.87. The van der Waals surface area contributed by atoms with E-state index in [-0.39, 0.29) is 5.00 Å². The number of thiophene rings is 1. The van der Waals surface area contributed by atoms with Crippen molar-refractivity contribution in [3.05, 3.63) is 51.8 Å². The van der Waals surface area contributed by atoms with E-state index in [0.717, 1.165) is 17.1 Å². The van der Waals surface area contributed by atoms with Gasteiger partial charge in [0.2, 0.25) is 0 Å². The summed E-state index contributed by atoms with van der Waals surface area (Å²) in [6.45, 7) is 1.92. The Morgan fingerprint density at radius 3 is 2.43 bits per heavy atom. The minimum absolute atomic E-state index is 0.199. The molecule has 74 valence electrons. The molecular formula is C9H9NO3S. The zero-order chi connectivity index (χ0) is 10.4. The Morgan fingerprint density at radius 2 is 2.21 bits per heavy atom. The Morgan fingerprint density at radius 1 is 1.43 bits per heavy atom. The summed E-state index contributed by atoms with van der Waals surface area (Å²) in [6.07, 6.45) is 1.66. The van der Waals surface area contributed by atoms with Crippen LogP contribution in [0, 0.1) is 17.0 Å². The predicted molar refractivity (Wildman–Crippen MR) is 54.4 cm³/mol. The normalized spacial score (nSPS) is 8.93. The van der Waals surface area contributed by atoms with Crippen molar-refractivity contribution in [2.45, 2.75) is 6.92 Å². The molecule has 2 rings (SSSR count). The third-order valence-electron chi connectivity index (χ3n) is 1.35. The monoisotopic (exact) mass is 211 g/mol. The van der Waals surface area contributed by atoms with Gasteiger partial charge >= 0.3 is 5.00 Å². The van der Waals surface area contributed by atoms with Crippen LogP contribution in [-0.2, 0) is 0 Å². The number of hydrogen-bond acceptors (Lipinski definition) is 4. The fourth-order valence-electron chi connectivity index (χ4n) is 0.734. The highest BCUT2D eigenvalue weighted by atomic mass is 32.1. The molecule has 0 atom stereocenters. The third kappa shape index (κ3) is 3.40. The largest absolute Gasteiger partial charge is 0.470 e. The van der Waals surface area contributed by atoms with Crippen LogP contribution in [0.25, 0.3) is 0 Å². The van der Waals surface area contributed by atoms with Gasteiger partial charge in [-0.1, -0.05) is 11.3 Å². The van der Waals surface area contributed by atoms with Gasteiger partial charge < -0.3 is 4.42 Å². The highest BCUT2D eigenvalue weighted by molar-refractivity contribution is 7.13. The standard InChI is InChI=1S/C5H6O.C4H3NO2S/c1-5-3-2-4-6-5;6-5(7)4-2-1-3-8-4/h2-4H,1H3;1-3H. The van der Waals surface area contributed by atoms with E-state index in [1.54, 1.807) is 17.7 Å². The van der Waals surface area contributed by atoms with Crippen molar-refractivity contribution >= 4 is 16.3 Å². The molecule has 0 saturated carbocycles. The SMILES string of the molecule is Cc1ccco1.O=[N+]([O-])c1cccs1. The average Bonchev–Trinajstić information content (AvgIpc) is 2.75. The van der Waals surface area contributed by atoms with Crippen molar-refractivity contribution in [3.8, 4) is 0 Å². The van der Waals surface area contributed by atoms with E-state index in [4.69, 9.17) is 4.42 Å². The van der Waals surface area contributed by atoms with E-state index < -0.39 is 4.92 Å². The first-order chi connectivity index (χ1) is 6.70. The molecule has 0 aliphatic rings. The Labute approximate surface area is 84.9 Å². The number of aryl methyl sites for hydroxylation is 1. The molecule has 0 fully saturated rings. The van der Waals surface area contributed by atoms with Gasteiger partial charge in [0.05, 0.1) is 11.2 Å². The summed E-state index contributed by atoms with van der Waals surface area (Å²) in [4.78, 5) is 9.48. The summed E-state index contributed by atoms with van der Waals surface area (Å²) in [7, 11) is 0. The van der Waals surface area contributed by atoms with Crippen molar-refractivity contribution in [3.63, 3.8) is 0 Å². The molecule has 14 heavy (non-hydrogen) atoms. The molecule has 5 heteroatoms. The number of rotatable bonds is 1. The maximum atomic E-state index is 9.88. The lowest BCUT2D eigenvalue weighted by Crippen LogP contribution is -1.80. The predicted octanol–water partition coefficient (Wildman–Crippen LogP) is 3.24. The number of nitrogens with zero attached hydrogens (tertiary/aromatic N) is 1. The van der Waals surface area contributed by atoms with Crippen molar-refractivity contribution in [1.29, 1.82) is 0 Å². The van der Waals surface area contributed by atoms with E-state index in [9.17, 15) is 10.1 Å². The zero-order valence-electron chi connectivity index (χ0n) is 7.54. The smallest absolute Gasteiger partial charge is 0.324 e. The lowest BCUT2D eigenvalue weighted by atomic mass is 10.5. The molecule has 0 N–H and O–H groups in total. The van der Waals surface area contributed by atoms with E-state index in [1.807, 2.05) is 19.1 Å². The van der Waals surface area contributed by atoms with Gasteiger partial charge in [-0.15, -0.1) is 0 Å². The van der Waals surface area contributed by atoms with Crippen LogP contribution in [0.4, 0.5) is 5.00 Å². The lowest BCUT2D eigenvalue weighted by Gasteiger charge is -1.76. The van der Waals surface area contributed by atoms with E-state index in [1.165, 1.54) is 6.07 Å². The van der Waals surface area contributed by atoms with Gasteiger partial charge in [0.15, 0.2) is 0 Å². The molecule has 0 bridgehead atoms. The Balaban J connectivity index is 0.000000146. The average molecular weight is 211 g/mol. The number of hydrogen-bond donors (Lipinski definition) is 0.